The Morgan fingerprint density at radius 2 is 1.68 bits per heavy atom. The van der Waals surface area contributed by atoms with Gasteiger partial charge in [-0.15, -0.1) is 11.8 Å². The van der Waals surface area contributed by atoms with Crippen molar-refractivity contribution >= 4 is 17.8 Å². The molecule has 1 unspecified atom stereocenters. The van der Waals surface area contributed by atoms with Crippen molar-refractivity contribution in [1.29, 1.82) is 0 Å². The molecule has 19 heavy (non-hydrogen) atoms. The van der Waals surface area contributed by atoms with Crippen LogP contribution in [-0.4, -0.2) is 4.92 Å². The predicted molar refractivity (Wildman–Crippen MR) is 76.5 cm³/mol. The first-order valence-corrected chi connectivity index (χ1v) is 6.80. The van der Waals surface area contributed by atoms with E-state index in [1.54, 1.807) is 6.08 Å². The standard InChI is InChI=1S/C15H11NO2S/c17-16(18)13-10-12-8-4-5-9-14(12)19-15(13)11-6-2-1-3-7-11/h1-10,15H. The SMILES string of the molecule is O=[N+]([O-])C1=Cc2ccccc2SC1c1ccccc1. The van der Waals surface area contributed by atoms with Crippen molar-refractivity contribution in [1.82, 2.24) is 0 Å². The lowest BCUT2D eigenvalue weighted by Crippen LogP contribution is -2.10. The zero-order chi connectivity index (χ0) is 13.2. The third-order valence-corrected chi connectivity index (χ3v) is 4.42. The molecular formula is C15H11NO2S. The van der Waals surface area contributed by atoms with Crippen LogP contribution in [0.1, 0.15) is 16.4 Å². The van der Waals surface area contributed by atoms with Crippen LogP contribution in [0.5, 0.6) is 0 Å². The summed E-state index contributed by atoms with van der Waals surface area (Å²) >= 11 is 1.54. The van der Waals surface area contributed by atoms with Crippen molar-refractivity contribution in [3.05, 3.63) is 81.5 Å². The van der Waals surface area contributed by atoms with Crippen LogP contribution in [0.2, 0.25) is 0 Å². The van der Waals surface area contributed by atoms with Crippen molar-refractivity contribution in [2.24, 2.45) is 0 Å². The molecule has 0 bridgehead atoms. The second kappa shape index (κ2) is 4.90. The highest BCUT2D eigenvalue weighted by Gasteiger charge is 2.31. The molecular weight excluding hydrogens is 258 g/mol. The highest BCUT2D eigenvalue weighted by atomic mass is 32.2. The summed E-state index contributed by atoms with van der Waals surface area (Å²) in [6, 6.07) is 17.4. The number of fused-ring (bicyclic) bond motifs is 1. The summed E-state index contributed by atoms with van der Waals surface area (Å²) in [5.41, 5.74) is 2.13. The van der Waals surface area contributed by atoms with Crippen molar-refractivity contribution in [2.75, 3.05) is 0 Å². The molecule has 0 saturated heterocycles. The van der Waals surface area contributed by atoms with Crippen LogP contribution in [0.15, 0.2) is 65.2 Å². The van der Waals surface area contributed by atoms with Gasteiger partial charge in [-0.3, -0.25) is 10.1 Å². The van der Waals surface area contributed by atoms with E-state index in [0.717, 1.165) is 16.0 Å². The van der Waals surface area contributed by atoms with Gasteiger partial charge in [0.05, 0.1) is 4.92 Å². The fraction of sp³-hybridized carbons (Fsp3) is 0.0667. The minimum atomic E-state index is -0.277. The molecule has 4 heteroatoms. The first-order valence-electron chi connectivity index (χ1n) is 5.92. The fourth-order valence-electron chi connectivity index (χ4n) is 2.14. The lowest BCUT2D eigenvalue weighted by atomic mass is 10.1. The van der Waals surface area contributed by atoms with Gasteiger partial charge in [-0.25, -0.2) is 0 Å². The van der Waals surface area contributed by atoms with E-state index in [2.05, 4.69) is 0 Å². The Labute approximate surface area is 115 Å². The van der Waals surface area contributed by atoms with Crippen molar-refractivity contribution in [2.45, 2.75) is 10.1 Å². The monoisotopic (exact) mass is 269 g/mol. The van der Waals surface area contributed by atoms with Crippen LogP contribution in [0.4, 0.5) is 0 Å². The Balaban J connectivity index is 2.10. The van der Waals surface area contributed by atoms with Gasteiger partial charge in [0.1, 0.15) is 5.25 Å². The molecule has 94 valence electrons. The van der Waals surface area contributed by atoms with E-state index in [-0.39, 0.29) is 15.9 Å². The van der Waals surface area contributed by atoms with E-state index in [1.165, 1.54) is 11.8 Å². The molecule has 3 nitrogen and oxygen atoms in total. The maximum Gasteiger partial charge on any atom is 0.264 e. The molecule has 1 aliphatic rings. The van der Waals surface area contributed by atoms with E-state index in [0.29, 0.717) is 0 Å². The number of nitro groups is 1. The number of rotatable bonds is 2. The average molecular weight is 269 g/mol. The topological polar surface area (TPSA) is 43.1 Å². The molecule has 0 aromatic heterocycles. The van der Waals surface area contributed by atoms with Crippen LogP contribution < -0.4 is 0 Å². The van der Waals surface area contributed by atoms with Gasteiger partial charge in [0.2, 0.25) is 0 Å². The molecule has 0 saturated carbocycles. The minimum absolute atomic E-state index is 0.244. The molecule has 1 heterocycles. The largest absolute Gasteiger partial charge is 0.264 e. The summed E-state index contributed by atoms with van der Waals surface area (Å²) < 4.78 is 0. The summed E-state index contributed by atoms with van der Waals surface area (Å²) in [5.74, 6) is 0. The zero-order valence-electron chi connectivity index (χ0n) is 10.0. The molecule has 0 aliphatic carbocycles. The van der Waals surface area contributed by atoms with Crippen molar-refractivity contribution in [3.63, 3.8) is 0 Å². The van der Waals surface area contributed by atoms with Crippen LogP contribution >= 0.6 is 11.8 Å². The molecule has 2 aromatic carbocycles. The second-order valence-electron chi connectivity index (χ2n) is 4.27. The molecule has 0 spiro atoms. The summed E-state index contributed by atoms with van der Waals surface area (Å²) in [6.07, 6.45) is 1.68. The number of benzene rings is 2. The number of thioether (sulfide) groups is 1. The van der Waals surface area contributed by atoms with Crippen LogP contribution in [0, 0.1) is 10.1 Å². The van der Waals surface area contributed by atoms with Gasteiger partial charge in [-0.1, -0.05) is 48.5 Å². The lowest BCUT2D eigenvalue weighted by molar-refractivity contribution is -0.425. The molecule has 2 aromatic rings. The molecule has 0 radical (unpaired) electrons. The molecule has 1 aliphatic heterocycles. The Kier molecular flexibility index (Phi) is 3.09. The Morgan fingerprint density at radius 3 is 2.42 bits per heavy atom. The average Bonchev–Trinajstić information content (AvgIpc) is 2.46. The third kappa shape index (κ3) is 2.27. The number of nitrogens with zero attached hydrogens (tertiary/aromatic N) is 1. The molecule has 1 atom stereocenters. The van der Waals surface area contributed by atoms with Crippen LogP contribution in [0.3, 0.4) is 0 Å². The predicted octanol–water partition coefficient (Wildman–Crippen LogP) is 4.15. The molecule has 0 N–H and O–H groups in total. The maximum absolute atomic E-state index is 11.3. The minimum Gasteiger partial charge on any atom is -0.259 e. The normalized spacial score (nSPS) is 17.5. The Bertz CT molecular complexity index is 652. The Hall–Kier alpha value is -2.07. The van der Waals surface area contributed by atoms with Gasteiger partial charge in [0.25, 0.3) is 5.70 Å². The zero-order valence-corrected chi connectivity index (χ0v) is 10.8. The smallest absolute Gasteiger partial charge is 0.259 e. The highest BCUT2D eigenvalue weighted by Crippen LogP contribution is 2.46. The quantitative estimate of drug-likeness (QED) is 0.607. The lowest BCUT2D eigenvalue weighted by Gasteiger charge is -2.20. The van der Waals surface area contributed by atoms with E-state index < -0.39 is 0 Å². The van der Waals surface area contributed by atoms with E-state index in [1.807, 2.05) is 54.6 Å². The van der Waals surface area contributed by atoms with Gasteiger partial charge < -0.3 is 0 Å². The van der Waals surface area contributed by atoms with Gasteiger partial charge in [0.15, 0.2) is 0 Å². The first kappa shape index (κ1) is 12.0. The van der Waals surface area contributed by atoms with E-state index in [4.69, 9.17) is 0 Å². The van der Waals surface area contributed by atoms with E-state index >= 15 is 0 Å². The van der Waals surface area contributed by atoms with Gasteiger partial charge >= 0.3 is 0 Å². The maximum atomic E-state index is 11.3. The van der Waals surface area contributed by atoms with Crippen LogP contribution in [-0.2, 0) is 0 Å². The van der Waals surface area contributed by atoms with E-state index in [9.17, 15) is 10.1 Å². The summed E-state index contributed by atoms with van der Waals surface area (Å²) in [4.78, 5) is 12.1. The van der Waals surface area contributed by atoms with Gasteiger partial charge in [0, 0.05) is 11.0 Å². The molecule has 3 rings (SSSR count). The summed E-state index contributed by atoms with van der Waals surface area (Å²) in [6.45, 7) is 0. The van der Waals surface area contributed by atoms with Gasteiger partial charge in [-0.2, -0.15) is 0 Å². The number of hydrogen-bond acceptors (Lipinski definition) is 3. The Morgan fingerprint density at radius 1 is 1.00 bits per heavy atom. The first-order chi connectivity index (χ1) is 9.25. The molecule has 0 amide bonds. The second-order valence-corrected chi connectivity index (χ2v) is 5.42. The van der Waals surface area contributed by atoms with Crippen molar-refractivity contribution < 1.29 is 4.92 Å². The van der Waals surface area contributed by atoms with Crippen molar-refractivity contribution in [3.8, 4) is 0 Å². The summed E-state index contributed by atoms with van der Waals surface area (Å²) in [5, 5.41) is 11.0. The molecule has 0 fully saturated rings. The van der Waals surface area contributed by atoms with Gasteiger partial charge in [-0.05, 0) is 17.2 Å². The highest BCUT2D eigenvalue weighted by molar-refractivity contribution is 7.99. The third-order valence-electron chi connectivity index (χ3n) is 3.05. The van der Waals surface area contributed by atoms with Crippen LogP contribution in [0.25, 0.3) is 6.08 Å². The number of hydrogen-bond donors (Lipinski definition) is 0. The fourth-order valence-corrected chi connectivity index (χ4v) is 3.39. The summed E-state index contributed by atoms with van der Waals surface area (Å²) in [7, 11) is 0.